The van der Waals surface area contributed by atoms with Gasteiger partial charge in [0.15, 0.2) is 0 Å². The van der Waals surface area contributed by atoms with Gasteiger partial charge in [-0.3, -0.25) is 9.59 Å². The molecule has 22 heavy (non-hydrogen) atoms. The van der Waals surface area contributed by atoms with E-state index in [9.17, 15) is 9.59 Å². The normalized spacial score (nSPS) is 10.5. The van der Waals surface area contributed by atoms with Crippen LogP contribution in [-0.4, -0.2) is 56.5 Å². The Hall–Kier alpha value is -1.92. The molecule has 0 atom stereocenters. The van der Waals surface area contributed by atoms with E-state index in [0.29, 0.717) is 17.8 Å². The molecular weight excluding hydrogens is 280 g/mol. The SMILES string of the molecule is CCN(CC)CCNC(=O)c1cccc(NC(=O)CNC)c1. The molecule has 0 bridgehead atoms. The van der Waals surface area contributed by atoms with Crippen LogP contribution in [0.2, 0.25) is 0 Å². The third kappa shape index (κ3) is 6.24. The number of hydrogen-bond acceptors (Lipinski definition) is 4. The molecule has 3 N–H and O–H groups in total. The van der Waals surface area contributed by atoms with E-state index in [4.69, 9.17) is 0 Å². The molecular formula is C16H26N4O2. The summed E-state index contributed by atoms with van der Waals surface area (Å²) in [6.45, 7) is 7.82. The van der Waals surface area contributed by atoms with Crippen molar-refractivity contribution in [1.82, 2.24) is 15.5 Å². The Morgan fingerprint density at radius 3 is 2.55 bits per heavy atom. The smallest absolute Gasteiger partial charge is 0.251 e. The summed E-state index contributed by atoms with van der Waals surface area (Å²) in [5.74, 6) is -0.265. The Morgan fingerprint density at radius 1 is 1.18 bits per heavy atom. The first-order valence-electron chi connectivity index (χ1n) is 7.65. The maximum Gasteiger partial charge on any atom is 0.251 e. The molecule has 1 aromatic rings. The summed E-state index contributed by atoms with van der Waals surface area (Å²) in [6.07, 6.45) is 0. The summed E-state index contributed by atoms with van der Waals surface area (Å²) in [6, 6.07) is 6.94. The van der Waals surface area contributed by atoms with Gasteiger partial charge in [0, 0.05) is 24.3 Å². The largest absolute Gasteiger partial charge is 0.351 e. The summed E-state index contributed by atoms with van der Waals surface area (Å²) in [7, 11) is 1.71. The number of nitrogens with one attached hydrogen (secondary N) is 3. The minimum atomic E-state index is -0.137. The molecule has 0 unspecified atom stereocenters. The van der Waals surface area contributed by atoms with Crippen LogP contribution in [0.4, 0.5) is 5.69 Å². The maximum absolute atomic E-state index is 12.1. The van der Waals surface area contributed by atoms with Crippen LogP contribution in [0.25, 0.3) is 0 Å². The zero-order valence-electron chi connectivity index (χ0n) is 13.6. The standard InChI is InChI=1S/C16H26N4O2/c1-4-20(5-2)10-9-18-16(22)13-7-6-8-14(11-13)19-15(21)12-17-3/h6-8,11,17H,4-5,9-10,12H2,1-3H3,(H,18,22)(H,19,21). The highest BCUT2D eigenvalue weighted by atomic mass is 16.2. The number of anilines is 1. The minimum absolute atomic E-state index is 0.128. The molecule has 0 saturated carbocycles. The predicted octanol–water partition coefficient (Wildman–Crippen LogP) is 0.916. The summed E-state index contributed by atoms with van der Waals surface area (Å²) in [5, 5.41) is 8.42. The van der Waals surface area contributed by atoms with Gasteiger partial charge in [0.1, 0.15) is 0 Å². The molecule has 1 rings (SSSR count). The lowest BCUT2D eigenvalue weighted by molar-refractivity contribution is -0.115. The number of amides is 2. The zero-order chi connectivity index (χ0) is 16.4. The van der Waals surface area contributed by atoms with Crippen molar-refractivity contribution in [1.29, 1.82) is 0 Å². The highest BCUT2D eigenvalue weighted by Crippen LogP contribution is 2.10. The van der Waals surface area contributed by atoms with Crippen LogP contribution in [0.15, 0.2) is 24.3 Å². The van der Waals surface area contributed by atoms with Crippen LogP contribution < -0.4 is 16.0 Å². The molecule has 0 aliphatic rings. The Morgan fingerprint density at radius 2 is 1.91 bits per heavy atom. The summed E-state index contributed by atoms with van der Waals surface area (Å²) in [5.41, 5.74) is 1.17. The fraction of sp³-hybridized carbons (Fsp3) is 0.500. The van der Waals surface area contributed by atoms with Crippen molar-refractivity contribution in [3.05, 3.63) is 29.8 Å². The lowest BCUT2D eigenvalue weighted by Crippen LogP contribution is -2.34. The molecule has 6 heteroatoms. The van der Waals surface area contributed by atoms with E-state index in [1.165, 1.54) is 0 Å². The third-order valence-corrected chi connectivity index (χ3v) is 3.35. The van der Waals surface area contributed by atoms with Gasteiger partial charge in [-0.25, -0.2) is 0 Å². The molecule has 1 aromatic carbocycles. The second-order valence-electron chi connectivity index (χ2n) is 4.94. The highest BCUT2D eigenvalue weighted by molar-refractivity contribution is 5.97. The second kappa shape index (κ2) is 9.92. The summed E-state index contributed by atoms with van der Waals surface area (Å²) in [4.78, 5) is 25.9. The van der Waals surface area contributed by atoms with Gasteiger partial charge in [0.25, 0.3) is 5.91 Å². The first-order chi connectivity index (χ1) is 10.6. The number of hydrogen-bond donors (Lipinski definition) is 3. The monoisotopic (exact) mass is 306 g/mol. The molecule has 0 aliphatic heterocycles. The summed E-state index contributed by atoms with van der Waals surface area (Å²) >= 11 is 0. The zero-order valence-corrected chi connectivity index (χ0v) is 13.6. The number of rotatable bonds is 9. The van der Waals surface area contributed by atoms with Gasteiger partial charge in [0.05, 0.1) is 6.54 Å². The van der Waals surface area contributed by atoms with Crippen molar-refractivity contribution in [2.45, 2.75) is 13.8 Å². The summed E-state index contributed by atoms with van der Waals surface area (Å²) < 4.78 is 0. The molecule has 6 nitrogen and oxygen atoms in total. The van der Waals surface area contributed by atoms with Gasteiger partial charge in [-0.15, -0.1) is 0 Å². The van der Waals surface area contributed by atoms with E-state index in [0.717, 1.165) is 19.6 Å². The quantitative estimate of drug-likeness (QED) is 0.634. The van der Waals surface area contributed by atoms with E-state index >= 15 is 0 Å². The van der Waals surface area contributed by atoms with Crippen molar-refractivity contribution in [3.63, 3.8) is 0 Å². The van der Waals surface area contributed by atoms with Gasteiger partial charge in [-0.2, -0.15) is 0 Å². The van der Waals surface area contributed by atoms with Crippen LogP contribution in [0.5, 0.6) is 0 Å². The van der Waals surface area contributed by atoms with Crippen LogP contribution in [-0.2, 0) is 4.79 Å². The van der Waals surface area contributed by atoms with Gasteiger partial charge >= 0.3 is 0 Å². The fourth-order valence-electron chi connectivity index (χ4n) is 2.07. The Labute approximate surface area is 132 Å². The van der Waals surface area contributed by atoms with Crippen molar-refractivity contribution in [2.75, 3.05) is 45.1 Å². The second-order valence-corrected chi connectivity index (χ2v) is 4.94. The van der Waals surface area contributed by atoms with E-state index < -0.39 is 0 Å². The molecule has 0 spiro atoms. The third-order valence-electron chi connectivity index (χ3n) is 3.35. The van der Waals surface area contributed by atoms with Crippen molar-refractivity contribution in [2.24, 2.45) is 0 Å². The highest BCUT2D eigenvalue weighted by Gasteiger charge is 2.08. The molecule has 0 radical (unpaired) electrons. The molecule has 0 aliphatic carbocycles. The van der Waals surface area contributed by atoms with Gasteiger partial charge < -0.3 is 20.9 Å². The Kier molecular flexibility index (Phi) is 8.17. The topological polar surface area (TPSA) is 73.5 Å². The van der Waals surface area contributed by atoms with Gasteiger partial charge in [-0.1, -0.05) is 19.9 Å². The van der Waals surface area contributed by atoms with E-state index in [1.54, 1.807) is 31.3 Å². The molecule has 122 valence electrons. The molecule has 0 aromatic heterocycles. The van der Waals surface area contributed by atoms with Crippen molar-refractivity contribution < 1.29 is 9.59 Å². The number of nitrogens with zero attached hydrogens (tertiary/aromatic N) is 1. The Balaban J connectivity index is 2.53. The maximum atomic E-state index is 12.1. The number of carbonyl (C=O) groups excluding carboxylic acids is 2. The molecule has 0 fully saturated rings. The number of likely N-dealkylation sites (N-methyl/N-ethyl adjacent to an activating group) is 2. The van der Waals surface area contributed by atoms with E-state index in [1.807, 2.05) is 0 Å². The minimum Gasteiger partial charge on any atom is -0.351 e. The van der Waals surface area contributed by atoms with Gasteiger partial charge in [0.2, 0.25) is 5.91 Å². The molecule has 0 heterocycles. The van der Waals surface area contributed by atoms with E-state index in [2.05, 4.69) is 34.7 Å². The van der Waals surface area contributed by atoms with Crippen LogP contribution in [0.3, 0.4) is 0 Å². The first-order valence-corrected chi connectivity index (χ1v) is 7.65. The number of carbonyl (C=O) groups is 2. The lowest BCUT2D eigenvalue weighted by atomic mass is 10.2. The van der Waals surface area contributed by atoms with Gasteiger partial charge in [-0.05, 0) is 38.3 Å². The lowest BCUT2D eigenvalue weighted by Gasteiger charge is -2.18. The first kappa shape index (κ1) is 18.1. The van der Waals surface area contributed by atoms with Crippen LogP contribution >= 0.6 is 0 Å². The van der Waals surface area contributed by atoms with Crippen molar-refractivity contribution >= 4 is 17.5 Å². The average molecular weight is 306 g/mol. The molecule has 0 saturated heterocycles. The fourth-order valence-corrected chi connectivity index (χ4v) is 2.07. The van der Waals surface area contributed by atoms with Crippen LogP contribution in [0, 0.1) is 0 Å². The van der Waals surface area contributed by atoms with Crippen molar-refractivity contribution in [3.8, 4) is 0 Å². The molecule has 2 amide bonds. The number of benzene rings is 1. The van der Waals surface area contributed by atoms with Crippen LogP contribution in [0.1, 0.15) is 24.2 Å². The predicted molar refractivity (Wildman–Crippen MR) is 89.1 cm³/mol. The van der Waals surface area contributed by atoms with E-state index in [-0.39, 0.29) is 18.4 Å². The Bertz CT molecular complexity index is 487. The average Bonchev–Trinajstić information content (AvgIpc) is 2.52.